The predicted molar refractivity (Wildman–Crippen MR) is 111 cm³/mol. The summed E-state index contributed by atoms with van der Waals surface area (Å²) in [6, 6.07) is 18.0. The molecule has 0 bridgehead atoms. The van der Waals surface area contributed by atoms with Crippen molar-refractivity contribution in [3.8, 4) is 22.6 Å². The maximum absolute atomic E-state index is 9.68. The van der Waals surface area contributed by atoms with Crippen molar-refractivity contribution >= 4 is 16.9 Å². The van der Waals surface area contributed by atoms with E-state index in [4.69, 9.17) is 4.74 Å². The SMILES string of the molecule is COc1ccc(-n2cc(-c3ccccc3)c3c(NCC(C)O)ncnc32)cc1. The van der Waals surface area contributed by atoms with Crippen LogP contribution in [0.3, 0.4) is 0 Å². The number of ether oxygens (including phenoxy) is 1. The van der Waals surface area contributed by atoms with E-state index in [1.54, 1.807) is 20.4 Å². The Labute approximate surface area is 163 Å². The molecule has 0 spiro atoms. The first-order valence-electron chi connectivity index (χ1n) is 9.15. The molecule has 4 aromatic rings. The minimum absolute atomic E-state index is 0.411. The second-order valence-corrected chi connectivity index (χ2v) is 6.63. The fraction of sp³-hybridized carbons (Fsp3) is 0.182. The van der Waals surface area contributed by atoms with Crippen LogP contribution in [0.4, 0.5) is 5.82 Å². The average Bonchev–Trinajstić information content (AvgIpc) is 3.13. The van der Waals surface area contributed by atoms with Crippen LogP contribution in [0.2, 0.25) is 0 Å². The topological polar surface area (TPSA) is 72.2 Å². The molecule has 0 aliphatic heterocycles. The number of hydrogen-bond donors (Lipinski definition) is 2. The molecule has 2 heterocycles. The van der Waals surface area contributed by atoms with Crippen LogP contribution < -0.4 is 10.1 Å². The summed E-state index contributed by atoms with van der Waals surface area (Å²) in [7, 11) is 1.65. The lowest BCUT2D eigenvalue weighted by Crippen LogP contribution is -2.16. The van der Waals surface area contributed by atoms with Crippen molar-refractivity contribution in [1.29, 1.82) is 0 Å². The highest BCUT2D eigenvalue weighted by atomic mass is 16.5. The average molecular weight is 374 g/mol. The number of aromatic nitrogens is 3. The number of nitrogens with one attached hydrogen (secondary N) is 1. The van der Waals surface area contributed by atoms with Crippen molar-refractivity contribution in [2.24, 2.45) is 0 Å². The maximum Gasteiger partial charge on any atom is 0.150 e. The van der Waals surface area contributed by atoms with Crippen LogP contribution in [0.25, 0.3) is 27.8 Å². The summed E-state index contributed by atoms with van der Waals surface area (Å²) in [6.45, 7) is 2.15. The monoisotopic (exact) mass is 374 g/mol. The summed E-state index contributed by atoms with van der Waals surface area (Å²) < 4.78 is 7.32. The van der Waals surface area contributed by atoms with Crippen LogP contribution in [0.1, 0.15) is 6.92 Å². The molecule has 0 saturated carbocycles. The summed E-state index contributed by atoms with van der Waals surface area (Å²) in [5.74, 6) is 1.51. The molecule has 28 heavy (non-hydrogen) atoms. The van der Waals surface area contributed by atoms with Gasteiger partial charge in [-0.25, -0.2) is 9.97 Å². The number of hydrogen-bond acceptors (Lipinski definition) is 5. The van der Waals surface area contributed by atoms with Crippen LogP contribution in [-0.2, 0) is 0 Å². The van der Waals surface area contributed by atoms with Crippen molar-refractivity contribution in [3.63, 3.8) is 0 Å². The number of fused-ring (bicyclic) bond motifs is 1. The van der Waals surface area contributed by atoms with Crippen molar-refractivity contribution in [3.05, 3.63) is 67.1 Å². The molecular weight excluding hydrogens is 352 g/mol. The molecule has 0 amide bonds. The third kappa shape index (κ3) is 3.42. The molecule has 0 saturated heterocycles. The van der Waals surface area contributed by atoms with E-state index < -0.39 is 6.10 Å². The third-order valence-corrected chi connectivity index (χ3v) is 4.58. The summed E-state index contributed by atoms with van der Waals surface area (Å²) >= 11 is 0. The lowest BCUT2D eigenvalue weighted by Gasteiger charge is -2.10. The molecule has 4 rings (SSSR count). The fourth-order valence-corrected chi connectivity index (χ4v) is 3.22. The molecule has 0 aliphatic rings. The van der Waals surface area contributed by atoms with E-state index in [2.05, 4.69) is 33.6 Å². The third-order valence-electron chi connectivity index (χ3n) is 4.58. The Morgan fingerprint density at radius 2 is 1.82 bits per heavy atom. The van der Waals surface area contributed by atoms with E-state index in [1.807, 2.05) is 47.0 Å². The van der Waals surface area contributed by atoms with E-state index >= 15 is 0 Å². The van der Waals surface area contributed by atoms with E-state index in [-0.39, 0.29) is 0 Å². The predicted octanol–water partition coefficient (Wildman–Crippen LogP) is 3.89. The first kappa shape index (κ1) is 18.0. The lowest BCUT2D eigenvalue weighted by molar-refractivity contribution is 0.208. The van der Waals surface area contributed by atoms with E-state index in [0.29, 0.717) is 12.4 Å². The fourth-order valence-electron chi connectivity index (χ4n) is 3.22. The molecule has 2 aromatic carbocycles. The second-order valence-electron chi connectivity index (χ2n) is 6.63. The van der Waals surface area contributed by atoms with Crippen LogP contribution >= 0.6 is 0 Å². The largest absolute Gasteiger partial charge is 0.497 e. The van der Waals surface area contributed by atoms with Gasteiger partial charge in [-0.05, 0) is 36.8 Å². The van der Waals surface area contributed by atoms with Gasteiger partial charge in [0.05, 0.1) is 18.6 Å². The zero-order chi connectivity index (χ0) is 19.5. The van der Waals surface area contributed by atoms with Crippen molar-refractivity contribution in [2.45, 2.75) is 13.0 Å². The molecule has 0 radical (unpaired) electrons. The molecule has 142 valence electrons. The summed E-state index contributed by atoms with van der Waals surface area (Å²) in [6.07, 6.45) is 3.14. The van der Waals surface area contributed by atoms with Crippen LogP contribution in [0.5, 0.6) is 5.75 Å². The van der Waals surface area contributed by atoms with Gasteiger partial charge in [0.15, 0.2) is 5.65 Å². The number of nitrogens with zero attached hydrogens (tertiary/aromatic N) is 3. The van der Waals surface area contributed by atoms with Crippen LogP contribution in [-0.4, -0.2) is 39.4 Å². The second kappa shape index (κ2) is 7.70. The minimum Gasteiger partial charge on any atom is -0.497 e. The van der Waals surface area contributed by atoms with Crippen molar-refractivity contribution in [2.75, 3.05) is 19.0 Å². The van der Waals surface area contributed by atoms with E-state index in [9.17, 15) is 5.11 Å². The lowest BCUT2D eigenvalue weighted by atomic mass is 10.1. The zero-order valence-corrected chi connectivity index (χ0v) is 15.8. The molecule has 1 unspecified atom stereocenters. The molecule has 0 aliphatic carbocycles. The number of rotatable bonds is 6. The first-order chi connectivity index (χ1) is 13.7. The van der Waals surface area contributed by atoms with Gasteiger partial charge in [-0.15, -0.1) is 0 Å². The van der Waals surface area contributed by atoms with Crippen LogP contribution in [0, 0.1) is 0 Å². The molecule has 6 nitrogen and oxygen atoms in total. The highest BCUT2D eigenvalue weighted by Gasteiger charge is 2.17. The Kier molecular flexibility index (Phi) is 4.95. The molecular formula is C22H22N4O2. The number of anilines is 1. The zero-order valence-electron chi connectivity index (χ0n) is 15.8. The number of aliphatic hydroxyl groups excluding tert-OH is 1. The normalized spacial score (nSPS) is 12.1. The smallest absolute Gasteiger partial charge is 0.150 e. The molecule has 1 atom stereocenters. The van der Waals surface area contributed by atoms with Gasteiger partial charge in [0.25, 0.3) is 0 Å². The van der Waals surface area contributed by atoms with Gasteiger partial charge in [-0.2, -0.15) is 0 Å². The van der Waals surface area contributed by atoms with Crippen molar-refractivity contribution in [1.82, 2.24) is 14.5 Å². The maximum atomic E-state index is 9.68. The first-order valence-corrected chi connectivity index (χ1v) is 9.15. The Bertz CT molecular complexity index is 1070. The Morgan fingerprint density at radius 1 is 1.07 bits per heavy atom. The van der Waals surface area contributed by atoms with Gasteiger partial charge in [-0.3, -0.25) is 0 Å². The molecule has 2 aromatic heterocycles. The Morgan fingerprint density at radius 3 is 2.50 bits per heavy atom. The van der Waals surface area contributed by atoms with Gasteiger partial charge in [0, 0.05) is 24.0 Å². The van der Waals surface area contributed by atoms with Crippen LogP contribution in [0.15, 0.2) is 67.1 Å². The molecule has 2 N–H and O–H groups in total. The highest BCUT2D eigenvalue weighted by Crippen LogP contribution is 2.35. The minimum atomic E-state index is -0.478. The number of aliphatic hydroxyl groups is 1. The number of benzene rings is 2. The van der Waals surface area contributed by atoms with Crippen molar-refractivity contribution < 1.29 is 9.84 Å². The summed E-state index contributed by atoms with van der Waals surface area (Å²) in [5.41, 5.74) is 3.88. The molecule has 0 fully saturated rings. The summed E-state index contributed by atoms with van der Waals surface area (Å²) in [4.78, 5) is 8.98. The van der Waals surface area contributed by atoms with Gasteiger partial charge in [0.1, 0.15) is 17.9 Å². The van der Waals surface area contributed by atoms with Gasteiger partial charge < -0.3 is 19.7 Å². The Balaban J connectivity index is 1.92. The summed E-state index contributed by atoms with van der Waals surface area (Å²) in [5, 5.41) is 13.8. The quantitative estimate of drug-likeness (QED) is 0.536. The Hall–Kier alpha value is -3.38. The van der Waals surface area contributed by atoms with E-state index in [1.165, 1.54) is 0 Å². The van der Waals surface area contributed by atoms with E-state index in [0.717, 1.165) is 33.6 Å². The molecule has 6 heteroatoms. The van der Waals surface area contributed by atoms with Gasteiger partial charge >= 0.3 is 0 Å². The van der Waals surface area contributed by atoms with Gasteiger partial charge in [-0.1, -0.05) is 30.3 Å². The standard InChI is InChI=1S/C22H22N4O2/c1-15(27)12-23-21-20-19(16-6-4-3-5-7-16)13-26(22(20)25-14-24-21)17-8-10-18(28-2)11-9-17/h3-11,13-15,27H,12H2,1-2H3,(H,23,24,25). The van der Waals surface area contributed by atoms with Gasteiger partial charge in [0.2, 0.25) is 0 Å². The number of methoxy groups -OCH3 is 1. The highest BCUT2D eigenvalue weighted by molar-refractivity contribution is 6.02.